The van der Waals surface area contributed by atoms with Gasteiger partial charge >= 0.3 is 0 Å². The molecule has 0 atom stereocenters. The SMILES string of the molecule is O=C(NCCC1=CCCCC1)C1CCN(c2cccc3c2C(=O)N(Cc2cnc4ccccc4c2)C3=O)CC1. The predicted octanol–water partition coefficient (Wildman–Crippen LogP) is 5.25. The molecule has 1 saturated heterocycles. The predicted molar refractivity (Wildman–Crippen MR) is 152 cm³/mol. The van der Waals surface area contributed by atoms with Crippen LogP contribution >= 0.6 is 0 Å². The maximum Gasteiger partial charge on any atom is 0.263 e. The van der Waals surface area contributed by atoms with E-state index < -0.39 is 0 Å². The van der Waals surface area contributed by atoms with E-state index in [1.807, 2.05) is 42.5 Å². The highest BCUT2D eigenvalue weighted by Crippen LogP contribution is 2.35. The summed E-state index contributed by atoms with van der Waals surface area (Å²) in [4.78, 5) is 47.6. The van der Waals surface area contributed by atoms with E-state index in [0.717, 1.165) is 54.3 Å². The molecule has 2 aromatic carbocycles. The lowest BCUT2D eigenvalue weighted by molar-refractivity contribution is -0.125. The second-order valence-electron chi connectivity index (χ2n) is 10.8. The van der Waals surface area contributed by atoms with Gasteiger partial charge < -0.3 is 10.2 Å². The maximum absolute atomic E-state index is 13.5. The molecule has 3 heterocycles. The summed E-state index contributed by atoms with van der Waals surface area (Å²) >= 11 is 0. The van der Waals surface area contributed by atoms with Crippen molar-refractivity contribution in [3.8, 4) is 0 Å². The largest absolute Gasteiger partial charge is 0.371 e. The first-order valence-corrected chi connectivity index (χ1v) is 14.1. The van der Waals surface area contributed by atoms with Crippen molar-refractivity contribution in [2.24, 2.45) is 5.92 Å². The van der Waals surface area contributed by atoms with Crippen LogP contribution in [0.3, 0.4) is 0 Å². The van der Waals surface area contributed by atoms with Crippen LogP contribution in [-0.2, 0) is 11.3 Å². The van der Waals surface area contributed by atoms with Crippen LogP contribution in [-0.4, -0.2) is 47.2 Å². The van der Waals surface area contributed by atoms with Crippen LogP contribution in [0, 0.1) is 5.92 Å². The van der Waals surface area contributed by atoms with Gasteiger partial charge in [-0.1, -0.05) is 35.9 Å². The average Bonchev–Trinajstić information content (AvgIpc) is 3.22. The smallest absolute Gasteiger partial charge is 0.263 e. The Labute approximate surface area is 228 Å². The van der Waals surface area contributed by atoms with E-state index in [2.05, 4.69) is 21.3 Å². The van der Waals surface area contributed by atoms with E-state index in [1.54, 1.807) is 12.3 Å². The zero-order valence-electron chi connectivity index (χ0n) is 22.2. The molecular formula is C32H34N4O3. The summed E-state index contributed by atoms with van der Waals surface area (Å²) in [7, 11) is 0. The van der Waals surface area contributed by atoms with Crippen molar-refractivity contribution in [1.29, 1.82) is 0 Å². The highest BCUT2D eigenvalue weighted by Gasteiger charge is 2.39. The monoisotopic (exact) mass is 522 g/mol. The summed E-state index contributed by atoms with van der Waals surface area (Å²) in [6.07, 6.45) is 11.3. The number of para-hydroxylation sites is 1. The fourth-order valence-electron chi connectivity index (χ4n) is 6.11. The number of aromatic nitrogens is 1. The minimum absolute atomic E-state index is 0.0208. The van der Waals surface area contributed by atoms with Crippen molar-refractivity contribution in [1.82, 2.24) is 15.2 Å². The van der Waals surface area contributed by atoms with E-state index in [-0.39, 0.29) is 30.2 Å². The van der Waals surface area contributed by atoms with Crippen LogP contribution in [0.5, 0.6) is 0 Å². The molecule has 3 amide bonds. The molecule has 7 heteroatoms. The number of imide groups is 1. The first-order chi connectivity index (χ1) is 19.1. The summed E-state index contributed by atoms with van der Waals surface area (Å²) in [5, 5.41) is 4.12. The molecule has 0 spiro atoms. The number of anilines is 1. The van der Waals surface area contributed by atoms with Gasteiger partial charge in [-0.05, 0) is 74.8 Å². The molecule has 6 rings (SSSR count). The summed E-state index contributed by atoms with van der Waals surface area (Å²) in [6, 6.07) is 15.3. The lowest BCUT2D eigenvalue weighted by atomic mass is 9.94. The number of fused-ring (bicyclic) bond motifs is 2. The molecule has 0 bridgehead atoms. The number of hydrogen-bond acceptors (Lipinski definition) is 5. The summed E-state index contributed by atoms with van der Waals surface area (Å²) in [6.45, 7) is 2.24. The number of pyridine rings is 1. The number of hydrogen-bond donors (Lipinski definition) is 1. The van der Waals surface area contributed by atoms with Crippen LogP contribution in [0.2, 0.25) is 0 Å². The number of nitrogens with one attached hydrogen (secondary N) is 1. The molecule has 3 aliphatic rings. The summed E-state index contributed by atoms with van der Waals surface area (Å²) in [5.41, 5.74) is 4.87. The third kappa shape index (κ3) is 5.18. The zero-order chi connectivity index (χ0) is 26.8. The Morgan fingerprint density at radius 3 is 2.67 bits per heavy atom. The molecule has 1 aliphatic carbocycles. The number of rotatable bonds is 7. The molecule has 0 unspecified atom stereocenters. The molecule has 0 saturated carbocycles. The van der Waals surface area contributed by atoms with Crippen molar-refractivity contribution >= 4 is 34.3 Å². The number of carbonyl (C=O) groups excluding carboxylic acids is 3. The third-order valence-corrected chi connectivity index (χ3v) is 8.30. The summed E-state index contributed by atoms with van der Waals surface area (Å²) < 4.78 is 0. The van der Waals surface area contributed by atoms with Gasteiger partial charge in [-0.25, -0.2) is 0 Å². The molecule has 1 N–H and O–H groups in total. The fourth-order valence-corrected chi connectivity index (χ4v) is 6.11. The Balaban J connectivity index is 1.10. The fraction of sp³-hybridized carbons (Fsp3) is 0.375. The van der Waals surface area contributed by atoms with Crippen LogP contribution in [0.15, 0.2) is 66.4 Å². The van der Waals surface area contributed by atoms with Gasteiger partial charge in [0.05, 0.1) is 28.9 Å². The van der Waals surface area contributed by atoms with Crippen molar-refractivity contribution in [3.05, 3.63) is 83.1 Å². The number of allylic oxidation sites excluding steroid dienone is 1. The second kappa shape index (κ2) is 11.0. The van der Waals surface area contributed by atoms with Gasteiger partial charge in [0.1, 0.15) is 0 Å². The number of carbonyl (C=O) groups is 3. The van der Waals surface area contributed by atoms with Gasteiger partial charge in [-0.2, -0.15) is 0 Å². The van der Waals surface area contributed by atoms with Gasteiger partial charge in [-0.15, -0.1) is 0 Å². The first-order valence-electron chi connectivity index (χ1n) is 14.1. The number of amides is 3. The van der Waals surface area contributed by atoms with E-state index in [0.29, 0.717) is 30.8 Å². The van der Waals surface area contributed by atoms with E-state index in [4.69, 9.17) is 0 Å². The second-order valence-corrected chi connectivity index (χ2v) is 10.8. The topological polar surface area (TPSA) is 82.6 Å². The van der Waals surface area contributed by atoms with Crippen LogP contribution in [0.4, 0.5) is 5.69 Å². The van der Waals surface area contributed by atoms with Gasteiger partial charge in [0.15, 0.2) is 0 Å². The maximum atomic E-state index is 13.5. The zero-order valence-corrected chi connectivity index (χ0v) is 22.2. The normalized spacial score (nSPS) is 17.9. The highest BCUT2D eigenvalue weighted by atomic mass is 16.2. The van der Waals surface area contributed by atoms with Crippen LogP contribution < -0.4 is 10.2 Å². The molecule has 200 valence electrons. The molecular weight excluding hydrogens is 488 g/mol. The van der Waals surface area contributed by atoms with E-state index >= 15 is 0 Å². The van der Waals surface area contributed by atoms with Gasteiger partial charge in [0.2, 0.25) is 5.91 Å². The average molecular weight is 523 g/mol. The highest BCUT2D eigenvalue weighted by molar-refractivity contribution is 6.23. The van der Waals surface area contributed by atoms with E-state index in [1.165, 1.54) is 23.3 Å². The Morgan fingerprint density at radius 1 is 1.00 bits per heavy atom. The first kappa shape index (κ1) is 25.3. The lowest BCUT2D eigenvalue weighted by Crippen LogP contribution is -2.41. The van der Waals surface area contributed by atoms with Crippen molar-refractivity contribution in [2.75, 3.05) is 24.5 Å². The lowest BCUT2D eigenvalue weighted by Gasteiger charge is -2.34. The minimum atomic E-state index is -0.271. The number of benzene rings is 2. The Kier molecular flexibility index (Phi) is 7.14. The molecule has 39 heavy (non-hydrogen) atoms. The Morgan fingerprint density at radius 2 is 1.85 bits per heavy atom. The number of nitrogens with zero attached hydrogens (tertiary/aromatic N) is 3. The Hall–Kier alpha value is -4.00. The van der Waals surface area contributed by atoms with E-state index in [9.17, 15) is 14.4 Å². The van der Waals surface area contributed by atoms with Crippen LogP contribution in [0.25, 0.3) is 10.9 Å². The van der Waals surface area contributed by atoms with Crippen LogP contribution in [0.1, 0.15) is 71.2 Å². The standard InChI is InChI=1S/C32H34N4O3/c37-30(33-16-13-22-7-2-1-3-8-22)24-14-17-35(18-15-24)28-12-6-10-26-29(28)32(39)36(31(26)38)21-23-19-25-9-4-5-11-27(25)34-20-23/h4-7,9-12,19-20,24H,1-3,8,13-18,21H2,(H,33,37). The Bertz CT molecular complexity index is 1450. The van der Waals surface area contributed by atoms with Crippen molar-refractivity contribution in [3.63, 3.8) is 0 Å². The molecule has 2 aliphatic heterocycles. The molecule has 1 fully saturated rings. The van der Waals surface area contributed by atoms with Crippen molar-refractivity contribution in [2.45, 2.75) is 51.5 Å². The summed E-state index contributed by atoms with van der Waals surface area (Å²) in [5.74, 6) is -0.429. The number of piperidine rings is 1. The molecule has 3 aromatic rings. The molecule has 7 nitrogen and oxygen atoms in total. The van der Waals surface area contributed by atoms with Gasteiger partial charge in [0, 0.05) is 37.1 Å². The van der Waals surface area contributed by atoms with Gasteiger partial charge in [-0.3, -0.25) is 24.3 Å². The quantitative estimate of drug-likeness (QED) is 0.338. The molecule has 1 aromatic heterocycles. The van der Waals surface area contributed by atoms with Gasteiger partial charge in [0.25, 0.3) is 11.8 Å². The van der Waals surface area contributed by atoms with Crippen molar-refractivity contribution < 1.29 is 14.4 Å². The third-order valence-electron chi connectivity index (χ3n) is 8.30. The minimum Gasteiger partial charge on any atom is -0.371 e. The molecule has 0 radical (unpaired) electrons.